The van der Waals surface area contributed by atoms with Crippen LogP contribution in [0, 0.1) is 11.8 Å². The van der Waals surface area contributed by atoms with E-state index in [2.05, 4.69) is 11.8 Å². The minimum atomic E-state index is -0.341. The second-order valence-corrected chi connectivity index (χ2v) is 8.14. The smallest absolute Gasteiger partial charge is 0.307 e. The van der Waals surface area contributed by atoms with Crippen LogP contribution in [0.5, 0.6) is 11.5 Å². The zero-order chi connectivity index (χ0) is 23.0. The summed E-state index contributed by atoms with van der Waals surface area (Å²) in [5, 5.41) is 0. The highest BCUT2D eigenvalue weighted by Gasteiger charge is 2.21. The Balaban J connectivity index is 1.68. The standard InChI is InChI=1S/C28H29NO4/c1-31-26-16-15-22(19-27(26)33-24-10-4-5-11-24)23(20-28(30)32-2)14-13-21-9-3-6-12-25(21)29-17-7-8-18-29/h3,6-9,12,15-19,23-24H,4-5,10-11,20H2,1-2H3/t23-/m0/s1. The molecule has 0 unspecified atom stereocenters. The Hall–Kier alpha value is -3.65. The molecule has 0 amide bonds. The summed E-state index contributed by atoms with van der Waals surface area (Å²) in [5.41, 5.74) is 2.78. The molecule has 0 aliphatic heterocycles. The number of aromatic nitrogens is 1. The zero-order valence-electron chi connectivity index (χ0n) is 19.1. The first-order chi connectivity index (χ1) is 16.2. The molecular weight excluding hydrogens is 414 g/mol. The van der Waals surface area contributed by atoms with E-state index in [4.69, 9.17) is 14.2 Å². The topological polar surface area (TPSA) is 49.7 Å². The maximum absolute atomic E-state index is 12.2. The third-order valence-electron chi connectivity index (χ3n) is 5.95. The van der Waals surface area contributed by atoms with Crippen molar-refractivity contribution >= 4 is 5.97 Å². The van der Waals surface area contributed by atoms with Gasteiger partial charge in [-0.2, -0.15) is 0 Å². The minimum absolute atomic E-state index is 0.157. The summed E-state index contributed by atoms with van der Waals surface area (Å²) in [6, 6.07) is 17.7. The summed E-state index contributed by atoms with van der Waals surface area (Å²) in [6.07, 6.45) is 8.81. The van der Waals surface area contributed by atoms with Crippen LogP contribution in [-0.4, -0.2) is 30.9 Å². The van der Waals surface area contributed by atoms with E-state index >= 15 is 0 Å². The molecule has 1 aliphatic carbocycles. The van der Waals surface area contributed by atoms with Crippen molar-refractivity contribution in [2.75, 3.05) is 14.2 Å². The molecule has 2 aromatic carbocycles. The normalized spacial score (nSPS) is 14.2. The Bertz CT molecular complexity index is 1130. The largest absolute Gasteiger partial charge is 0.493 e. The van der Waals surface area contributed by atoms with E-state index in [1.54, 1.807) is 7.11 Å². The maximum Gasteiger partial charge on any atom is 0.307 e. The van der Waals surface area contributed by atoms with Gasteiger partial charge >= 0.3 is 5.97 Å². The molecule has 170 valence electrons. The number of rotatable bonds is 7. The lowest BCUT2D eigenvalue weighted by molar-refractivity contribution is -0.140. The number of ether oxygens (including phenoxy) is 3. The fourth-order valence-corrected chi connectivity index (χ4v) is 4.15. The van der Waals surface area contributed by atoms with Crippen molar-refractivity contribution in [3.63, 3.8) is 0 Å². The lowest BCUT2D eigenvalue weighted by Crippen LogP contribution is -2.12. The van der Waals surface area contributed by atoms with Crippen molar-refractivity contribution in [2.24, 2.45) is 0 Å². The molecule has 1 aliphatic rings. The van der Waals surface area contributed by atoms with E-state index in [9.17, 15) is 4.79 Å². The first-order valence-corrected chi connectivity index (χ1v) is 11.3. The summed E-state index contributed by atoms with van der Waals surface area (Å²) in [4.78, 5) is 12.2. The number of nitrogens with zero attached hydrogens (tertiary/aromatic N) is 1. The maximum atomic E-state index is 12.2. The van der Waals surface area contributed by atoms with E-state index in [1.165, 1.54) is 20.0 Å². The second-order valence-electron chi connectivity index (χ2n) is 8.14. The van der Waals surface area contributed by atoms with Gasteiger partial charge in [0.15, 0.2) is 11.5 Å². The van der Waals surface area contributed by atoms with Crippen LogP contribution in [0.4, 0.5) is 0 Å². The third kappa shape index (κ3) is 5.59. The number of carbonyl (C=O) groups is 1. The Morgan fingerprint density at radius 3 is 2.52 bits per heavy atom. The van der Waals surface area contributed by atoms with Gasteiger partial charge in [0.05, 0.1) is 38.3 Å². The molecule has 0 N–H and O–H groups in total. The number of methoxy groups -OCH3 is 2. The lowest BCUT2D eigenvalue weighted by Gasteiger charge is -2.18. The Morgan fingerprint density at radius 2 is 1.79 bits per heavy atom. The van der Waals surface area contributed by atoms with Crippen LogP contribution in [0.2, 0.25) is 0 Å². The highest BCUT2D eigenvalue weighted by molar-refractivity contribution is 5.71. The molecule has 0 bridgehead atoms. The third-order valence-corrected chi connectivity index (χ3v) is 5.95. The molecule has 0 spiro atoms. The van der Waals surface area contributed by atoms with Gasteiger partial charge in [-0.05, 0) is 67.6 Å². The van der Waals surface area contributed by atoms with Crippen molar-refractivity contribution in [1.29, 1.82) is 0 Å². The minimum Gasteiger partial charge on any atom is -0.493 e. The predicted octanol–water partition coefficient (Wildman–Crippen LogP) is 5.51. The number of hydrogen-bond acceptors (Lipinski definition) is 4. The van der Waals surface area contributed by atoms with E-state index in [0.29, 0.717) is 11.5 Å². The summed E-state index contributed by atoms with van der Waals surface area (Å²) in [5.74, 6) is 7.36. The first-order valence-electron chi connectivity index (χ1n) is 11.3. The number of para-hydroxylation sites is 1. The zero-order valence-corrected chi connectivity index (χ0v) is 19.1. The van der Waals surface area contributed by atoms with Crippen LogP contribution in [0.15, 0.2) is 67.0 Å². The highest BCUT2D eigenvalue weighted by atomic mass is 16.5. The van der Waals surface area contributed by atoms with Crippen LogP contribution in [-0.2, 0) is 9.53 Å². The summed E-state index contributed by atoms with van der Waals surface area (Å²) < 4.78 is 18.8. The van der Waals surface area contributed by atoms with Crippen molar-refractivity contribution < 1.29 is 19.0 Å². The van der Waals surface area contributed by atoms with Crippen molar-refractivity contribution in [1.82, 2.24) is 4.57 Å². The molecule has 0 saturated heterocycles. The van der Waals surface area contributed by atoms with E-state index < -0.39 is 0 Å². The van der Waals surface area contributed by atoms with Crippen molar-refractivity contribution in [3.8, 4) is 29.0 Å². The molecule has 3 aromatic rings. The van der Waals surface area contributed by atoms with Gasteiger partial charge in [0, 0.05) is 18.0 Å². The number of hydrogen-bond donors (Lipinski definition) is 0. The van der Waals surface area contributed by atoms with E-state index in [-0.39, 0.29) is 24.4 Å². The van der Waals surface area contributed by atoms with E-state index in [1.807, 2.05) is 71.6 Å². The summed E-state index contributed by atoms with van der Waals surface area (Å²) >= 11 is 0. The van der Waals surface area contributed by atoms with Crippen LogP contribution in [0.1, 0.15) is 49.1 Å². The van der Waals surface area contributed by atoms with Crippen molar-refractivity contribution in [2.45, 2.75) is 44.1 Å². The highest BCUT2D eigenvalue weighted by Crippen LogP contribution is 2.35. The van der Waals surface area contributed by atoms with Gasteiger partial charge in [-0.1, -0.05) is 30.0 Å². The van der Waals surface area contributed by atoms with Gasteiger partial charge in [-0.25, -0.2) is 0 Å². The number of benzene rings is 2. The van der Waals surface area contributed by atoms with Gasteiger partial charge in [-0.3, -0.25) is 4.79 Å². The average molecular weight is 444 g/mol. The average Bonchev–Trinajstić information content (AvgIpc) is 3.56. The second kappa shape index (κ2) is 10.8. The molecule has 1 heterocycles. The SMILES string of the molecule is COC(=O)C[C@H](C#Cc1ccccc1-n1cccc1)c1ccc(OC)c(OC2CCCC2)c1. The molecule has 1 fully saturated rings. The molecule has 4 rings (SSSR count). The fourth-order valence-electron chi connectivity index (χ4n) is 4.15. The Labute approximate surface area is 195 Å². The number of esters is 1. The number of carbonyl (C=O) groups excluding carboxylic acids is 1. The lowest BCUT2D eigenvalue weighted by atomic mass is 9.95. The fraction of sp³-hybridized carbons (Fsp3) is 0.321. The Kier molecular flexibility index (Phi) is 7.36. The quantitative estimate of drug-likeness (QED) is 0.357. The van der Waals surface area contributed by atoms with Crippen LogP contribution in [0.3, 0.4) is 0 Å². The monoisotopic (exact) mass is 443 g/mol. The van der Waals surface area contributed by atoms with Gasteiger partial charge in [0.2, 0.25) is 0 Å². The summed E-state index contributed by atoms with van der Waals surface area (Å²) in [6.45, 7) is 0. The molecule has 1 aromatic heterocycles. The van der Waals surface area contributed by atoms with Crippen LogP contribution in [0.25, 0.3) is 5.69 Å². The van der Waals surface area contributed by atoms with Gasteiger partial charge < -0.3 is 18.8 Å². The summed E-state index contributed by atoms with van der Waals surface area (Å²) in [7, 11) is 3.04. The van der Waals surface area contributed by atoms with E-state index in [0.717, 1.165) is 29.7 Å². The molecule has 1 saturated carbocycles. The predicted molar refractivity (Wildman–Crippen MR) is 128 cm³/mol. The van der Waals surface area contributed by atoms with Gasteiger partial charge in [0.25, 0.3) is 0 Å². The Morgan fingerprint density at radius 1 is 1.03 bits per heavy atom. The molecule has 0 radical (unpaired) electrons. The first kappa shape index (κ1) is 22.5. The molecule has 5 heteroatoms. The molecule has 5 nitrogen and oxygen atoms in total. The molecule has 1 atom stereocenters. The van der Waals surface area contributed by atoms with Crippen LogP contribution < -0.4 is 9.47 Å². The van der Waals surface area contributed by atoms with Gasteiger partial charge in [0.1, 0.15) is 0 Å². The van der Waals surface area contributed by atoms with Crippen LogP contribution >= 0.6 is 0 Å². The van der Waals surface area contributed by atoms with Crippen molar-refractivity contribution in [3.05, 3.63) is 78.1 Å². The van der Waals surface area contributed by atoms with Gasteiger partial charge in [-0.15, -0.1) is 0 Å². The molecule has 33 heavy (non-hydrogen) atoms. The molecular formula is C28H29NO4.